The molecule has 0 fully saturated rings. The van der Waals surface area contributed by atoms with Crippen molar-refractivity contribution in [1.82, 2.24) is 9.88 Å². The maximum absolute atomic E-state index is 13.0. The van der Waals surface area contributed by atoms with Gasteiger partial charge in [0.1, 0.15) is 12.3 Å². The van der Waals surface area contributed by atoms with E-state index >= 15 is 0 Å². The van der Waals surface area contributed by atoms with Crippen LogP contribution in [0.2, 0.25) is 0 Å². The summed E-state index contributed by atoms with van der Waals surface area (Å²) >= 11 is 0. The van der Waals surface area contributed by atoms with Crippen molar-refractivity contribution in [2.75, 3.05) is 6.61 Å². The first-order chi connectivity index (χ1) is 14.1. The van der Waals surface area contributed by atoms with Gasteiger partial charge in [-0.3, -0.25) is 14.5 Å². The molecule has 2 aromatic carbocycles. The molecule has 1 aliphatic rings. The molecule has 2 amide bonds. The second kappa shape index (κ2) is 7.71. The van der Waals surface area contributed by atoms with Crippen molar-refractivity contribution in [3.05, 3.63) is 89.1 Å². The quantitative estimate of drug-likeness (QED) is 0.473. The van der Waals surface area contributed by atoms with Crippen molar-refractivity contribution in [2.24, 2.45) is 0 Å². The molecule has 4 rings (SSSR count). The number of aromatic nitrogens is 1. The minimum Gasteiger partial charge on any atom is -0.461 e. The molecular formula is C22H18N2O5. The van der Waals surface area contributed by atoms with Crippen LogP contribution in [0.25, 0.3) is 0 Å². The number of hydrogen-bond donors (Lipinski definition) is 0. The Balaban J connectivity index is 1.73. The van der Waals surface area contributed by atoms with Crippen LogP contribution in [0.15, 0.2) is 65.3 Å². The maximum Gasteiger partial charge on any atom is 0.360 e. The predicted octanol–water partition coefficient (Wildman–Crippen LogP) is 3.43. The minimum atomic E-state index is -0.798. The van der Waals surface area contributed by atoms with Crippen molar-refractivity contribution >= 4 is 17.8 Å². The van der Waals surface area contributed by atoms with E-state index in [1.54, 1.807) is 31.2 Å². The van der Waals surface area contributed by atoms with E-state index in [1.165, 1.54) is 6.26 Å². The number of ether oxygens (including phenoxy) is 1. The highest BCUT2D eigenvalue weighted by molar-refractivity contribution is 6.21. The van der Waals surface area contributed by atoms with Crippen LogP contribution in [0, 0.1) is 0 Å². The molecular weight excluding hydrogens is 372 g/mol. The lowest BCUT2D eigenvalue weighted by Gasteiger charge is -2.23. The molecule has 0 radical (unpaired) electrons. The van der Waals surface area contributed by atoms with Crippen LogP contribution < -0.4 is 0 Å². The third kappa shape index (κ3) is 3.42. The summed E-state index contributed by atoms with van der Waals surface area (Å²) in [5.74, 6) is -1.35. The van der Waals surface area contributed by atoms with E-state index in [9.17, 15) is 14.4 Å². The monoisotopic (exact) mass is 390 g/mol. The second-order valence-corrected chi connectivity index (χ2v) is 6.52. The molecule has 0 bridgehead atoms. The van der Waals surface area contributed by atoms with Crippen LogP contribution in [-0.4, -0.2) is 34.3 Å². The first-order valence-electron chi connectivity index (χ1n) is 9.23. The van der Waals surface area contributed by atoms with Gasteiger partial charge in [-0.1, -0.05) is 42.5 Å². The fraction of sp³-hybridized carbons (Fsp3) is 0.182. The van der Waals surface area contributed by atoms with Crippen LogP contribution in [-0.2, 0) is 11.2 Å². The van der Waals surface area contributed by atoms with Crippen molar-refractivity contribution in [3.63, 3.8) is 0 Å². The first kappa shape index (κ1) is 18.6. The van der Waals surface area contributed by atoms with E-state index in [1.807, 2.05) is 30.3 Å². The molecule has 0 saturated carbocycles. The number of amides is 2. The highest BCUT2D eigenvalue weighted by Gasteiger charge is 2.42. The van der Waals surface area contributed by atoms with Crippen LogP contribution in [0.3, 0.4) is 0 Å². The van der Waals surface area contributed by atoms with Crippen molar-refractivity contribution in [3.8, 4) is 0 Å². The van der Waals surface area contributed by atoms with Gasteiger partial charge in [0.25, 0.3) is 11.8 Å². The number of carbonyl (C=O) groups excluding carboxylic acids is 3. The molecule has 1 atom stereocenters. The summed E-state index contributed by atoms with van der Waals surface area (Å²) in [6.07, 6.45) is 1.48. The second-order valence-electron chi connectivity index (χ2n) is 6.52. The summed E-state index contributed by atoms with van der Waals surface area (Å²) < 4.78 is 10.5. The maximum atomic E-state index is 13.0. The minimum absolute atomic E-state index is 0.00322. The summed E-state index contributed by atoms with van der Waals surface area (Å²) in [4.78, 5) is 43.3. The first-order valence-corrected chi connectivity index (χ1v) is 9.23. The van der Waals surface area contributed by atoms with E-state index < -0.39 is 23.8 Å². The number of imide groups is 1. The molecule has 7 heteroatoms. The SMILES string of the molecule is CCOC(=O)c1coc([C@H](Cc2ccccc2)N2C(=O)c3ccccc3C2=O)n1. The molecule has 0 N–H and O–H groups in total. The molecule has 0 aliphatic carbocycles. The number of carbonyl (C=O) groups is 3. The Morgan fingerprint density at radius 3 is 2.28 bits per heavy atom. The van der Waals surface area contributed by atoms with E-state index in [4.69, 9.17) is 9.15 Å². The van der Waals surface area contributed by atoms with E-state index in [-0.39, 0.29) is 18.2 Å². The predicted molar refractivity (Wildman–Crippen MR) is 102 cm³/mol. The van der Waals surface area contributed by atoms with Gasteiger partial charge in [-0.05, 0) is 24.6 Å². The van der Waals surface area contributed by atoms with Gasteiger partial charge in [0.15, 0.2) is 5.69 Å². The van der Waals surface area contributed by atoms with Gasteiger partial charge in [0, 0.05) is 6.42 Å². The lowest BCUT2D eigenvalue weighted by Crippen LogP contribution is -2.35. The third-order valence-electron chi connectivity index (χ3n) is 4.70. The Morgan fingerprint density at radius 1 is 1.03 bits per heavy atom. The van der Waals surface area contributed by atoms with Gasteiger partial charge in [-0.15, -0.1) is 0 Å². The molecule has 0 saturated heterocycles. The highest BCUT2D eigenvalue weighted by Crippen LogP contribution is 2.33. The van der Waals surface area contributed by atoms with E-state index in [0.29, 0.717) is 17.5 Å². The Morgan fingerprint density at radius 2 is 1.66 bits per heavy atom. The Labute approximate surface area is 166 Å². The highest BCUT2D eigenvalue weighted by atomic mass is 16.5. The van der Waals surface area contributed by atoms with E-state index in [2.05, 4.69) is 4.98 Å². The van der Waals surface area contributed by atoms with Crippen LogP contribution >= 0.6 is 0 Å². The smallest absolute Gasteiger partial charge is 0.360 e. The molecule has 0 unspecified atom stereocenters. The Kier molecular flexibility index (Phi) is 4.95. The van der Waals surface area contributed by atoms with Crippen molar-refractivity contribution in [1.29, 1.82) is 0 Å². The van der Waals surface area contributed by atoms with Crippen LogP contribution in [0.4, 0.5) is 0 Å². The van der Waals surface area contributed by atoms with Gasteiger partial charge in [0.05, 0.1) is 17.7 Å². The molecule has 7 nitrogen and oxygen atoms in total. The summed E-state index contributed by atoms with van der Waals surface area (Å²) in [6.45, 7) is 1.89. The number of rotatable bonds is 6. The molecule has 2 heterocycles. The zero-order valence-corrected chi connectivity index (χ0v) is 15.7. The molecule has 1 aromatic heterocycles. The molecule has 146 valence electrons. The number of benzene rings is 2. The zero-order chi connectivity index (χ0) is 20.4. The van der Waals surface area contributed by atoms with Crippen LogP contribution in [0.5, 0.6) is 0 Å². The third-order valence-corrected chi connectivity index (χ3v) is 4.70. The zero-order valence-electron chi connectivity index (χ0n) is 15.7. The number of nitrogens with zero attached hydrogens (tertiary/aromatic N) is 2. The van der Waals surface area contributed by atoms with Crippen molar-refractivity contribution < 1.29 is 23.5 Å². The normalized spacial score (nSPS) is 14.0. The van der Waals surface area contributed by atoms with Gasteiger partial charge in [-0.25, -0.2) is 9.78 Å². The van der Waals surface area contributed by atoms with Crippen molar-refractivity contribution in [2.45, 2.75) is 19.4 Å². The van der Waals surface area contributed by atoms with Gasteiger partial charge >= 0.3 is 5.97 Å². The molecule has 29 heavy (non-hydrogen) atoms. The standard InChI is InChI=1S/C22H18N2O5/c1-2-28-22(27)17-13-29-19(23-17)18(12-14-8-4-3-5-9-14)24-20(25)15-10-6-7-11-16(15)21(24)26/h3-11,13,18H,2,12H2,1H3/t18-/m0/s1. The topological polar surface area (TPSA) is 89.7 Å². The molecule has 3 aromatic rings. The van der Waals surface area contributed by atoms with Crippen LogP contribution in [0.1, 0.15) is 55.6 Å². The largest absolute Gasteiger partial charge is 0.461 e. The number of esters is 1. The molecule has 0 spiro atoms. The van der Waals surface area contributed by atoms with Gasteiger partial charge < -0.3 is 9.15 Å². The average molecular weight is 390 g/mol. The summed E-state index contributed by atoms with van der Waals surface area (Å²) in [7, 11) is 0. The van der Waals surface area contributed by atoms with Gasteiger partial charge in [-0.2, -0.15) is 0 Å². The number of oxazole rings is 1. The summed E-state index contributed by atoms with van der Waals surface area (Å²) in [6, 6.07) is 15.3. The Bertz CT molecular complexity index is 1040. The lowest BCUT2D eigenvalue weighted by molar-refractivity contribution is 0.0518. The summed E-state index contributed by atoms with van der Waals surface area (Å²) in [5.41, 5.74) is 1.57. The molecule has 1 aliphatic heterocycles. The Hall–Kier alpha value is -3.74. The lowest BCUT2D eigenvalue weighted by atomic mass is 10.0. The number of fused-ring (bicyclic) bond motifs is 1. The fourth-order valence-electron chi connectivity index (χ4n) is 3.36. The fourth-order valence-corrected chi connectivity index (χ4v) is 3.36. The number of hydrogen-bond acceptors (Lipinski definition) is 6. The van der Waals surface area contributed by atoms with E-state index in [0.717, 1.165) is 10.5 Å². The average Bonchev–Trinajstić information content (AvgIpc) is 3.32. The van der Waals surface area contributed by atoms with Gasteiger partial charge in [0.2, 0.25) is 5.89 Å². The summed E-state index contributed by atoms with van der Waals surface area (Å²) in [5, 5.41) is 0.